The Morgan fingerprint density at radius 1 is 1.19 bits per heavy atom. The van der Waals surface area contributed by atoms with E-state index in [0.717, 1.165) is 19.5 Å². The van der Waals surface area contributed by atoms with E-state index >= 15 is 0 Å². The van der Waals surface area contributed by atoms with Gasteiger partial charge in [-0.3, -0.25) is 0 Å². The standard InChI is InChI=1S/C18H24N2S/c1-3-12-19-13-9-15-16(14-7-5-4-6-8-14)20-17(21-15)18(2)10-11-18/h4-8,19H,3,9-13H2,1-2H3. The minimum atomic E-state index is 0.364. The maximum absolute atomic E-state index is 5.00. The largest absolute Gasteiger partial charge is 0.316 e. The molecule has 112 valence electrons. The average molecular weight is 300 g/mol. The second kappa shape index (κ2) is 6.29. The molecule has 1 saturated carbocycles. The first-order valence-corrected chi connectivity index (χ1v) is 8.81. The Hall–Kier alpha value is -1.19. The molecule has 0 radical (unpaired) electrons. The van der Waals surface area contributed by atoms with Crippen LogP contribution in [0.4, 0.5) is 0 Å². The van der Waals surface area contributed by atoms with Crippen LogP contribution in [-0.2, 0) is 11.8 Å². The number of thiazole rings is 1. The van der Waals surface area contributed by atoms with E-state index in [1.807, 2.05) is 11.3 Å². The summed E-state index contributed by atoms with van der Waals surface area (Å²) in [5.41, 5.74) is 2.83. The smallest absolute Gasteiger partial charge is 0.0994 e. The number of hydrogen-bond acceptors (Lipinski definition) is 3. The zero-order valence-corrected chi connectivity index (χ0v) is 13.8. The lowest BCUT2D eigenvalue weighted by Gasteiger charge is -2.04. The second-order valence-electron chi connectivity index (χ2n) is 6.22. The van der Waals surface area contributed by atoms with Crippen LogP contribution < -0.4 is 5.32 Å². The normalized spacial score (nSPS) is 16.1. The highest BCUT2D eigenvalue weighted by atomic mass is 32.1. The van der Waals surface area contributed by atoms with Gasteiger partial charge in [-0.05, 0) is 32.2 Å². The molecular weight excluding hydrogens is 276 g/mol. The molecule has 1 aliphatic carbocycles. The van der Waals surface area contributed by atoms with Gasteiger partial charge in [0.1, 0.15) is 0 Å². The SMILES string of the molecule is CCCNCCc1sc(C2(C)CC2)nc1-c1ccccc1. The summed E-state index contributed by atoms with van der Waals surface area (Å²) in [6.45, 7) is 6.71. The zero-order valence-electron chi connectivity index (χ0n) is 13.0. The van der Waals surface area contributed by atoms with Gasteiger partial charge < -0.3 is 5.32 Å². The molecule has 0 bridgehead atoms. The molecule has 1 aliphatic rings. The third-order valence-electron chi connectivity index (χ3n) is 4.22. The summed E-state index contributed by atoms with van der Waals surface area (Å²) in [6, 6.07) is 10.6. The Bertz CT molecular complexity index is 585. The third kappa shape index (κ3) is 3.35. The van der Waals surface area contributed by atoms with Gasteiger partial charge in [-0.2, -0.15) is 0 Å². The molecule has 3 rings (SSSR count). The van der Waals surface area contributed by atoms with E-state index in [4.69, 9.17) is 4.98 Å². The van der Waals surface area contributed by atoms with Crippen LogP contribution in [-0.4, -0.2) is 18.1 Å². The molecule has 1 N–H and O–H groups in total. The van der Waals surface area contributed by atoms with Crippen LogP contribution >= 0.6 is 11.3 Å². The number of rotatable bonds is 7. The van der Waals surface area contributed by atoms with Crippen LogP contribution in [0.15, 0.2) is 30.3 Å². The number of hydrogen-bond donors (Lipinski definition) is 1. The van der Waals surface area contributed by atoms with Crippen molar-refractivity contribution in [3.05, 3.63) is 40.2 Å². The molecule has 0 saturated heterocycles. The van der Waals surface area contributed by atoms with Crippen molar-refractivity contribution in [2.45, 2.75) is 44.9 Å². The van der Waals surface area contributed by atoms with Gasteiger partial charge in [-0.15, -0.1) is 11.3 Å². The second-order valence-corrected chi connectivity index (χ2v) is 7.30. The molecule has 1 aromatic heterocycles. The molecule has 1 fully saturated rings. The van der Waals surface area contributed by atoms with Crippen molar-refractivity contribution in [1.29, 1.82) is 0 Å². The summed E-state index contributed by atoms with van der Waals surface area (Å²) in [4.78, 5) is 6.44. The van der Waals surface area contributed by atoms with Gasteiger partial charge in [-0.25, -0.2) is 4.98 Å². The van der Waals surface area contributed by atoms with E-state index in [1.165, 1.54) is 40.4 Å². The van der Waals surface area contributed by atoms with Crippen molar-refractivity contribution >= 4 is 11.3 Å². The molecular formula is C18H24N2S. The van der Waals surface area contributed by atoms with E-state index in [9.17, 15) is 0 Å². The monoisotopic (exact) mass is 300 g/mol. The summed E-state index contributed by atoms with van der Waals surface area (Å²) in [6.07, 6.45) is 4.86. The van der Waals surface area contributed by atoms with Crippen molar-refractivity contribution in [1.82, 2.24) is 10.3 Å². The van der Waals surface area contributed by atoms with Gasteiger partial charge in [-0.1, -0.05) is 44.2 Å². The third-order valence-corrected chi connectivity index (χ3v) is 5.64. The van der Waals surface area contributed by atoms with Crippen LogP contribution in [0.3, 0.4) is 0 Å². The van der Waals surface area contributed by atoms with E-state index in [0.29, 0.717) is 5.41 Å². The summed E-state index contributed by atoms with van der Waals surface area (Å²) in [5, 5.41) is 4.84. The Morgan fingerprint density at radius 2 is 1.95 bits per heavy atom. The van der Waals surface area contributed by atoms with Crippen LogP contribution in [0.25, 0.3) is 11.3 Å². The lowest BCUT2D eigenvalue weighted by molar-refractivity contribution is 0.674. The van der Waals surface area contributed by atoms with Gasteiger partial charge >= 0.3 is 0 Å². The summed E-state index contributed by atoms with van der Waals surface area (Å²) < 4.78 is 0. The predicted octanol–water partition coefficient (Wildman–Crippen LogP) is 4.40. The molecule has 1 aromatic carbocycles. The first kappa shape index (κ1) is 14.7. The Labute approximate surface area is 131 Å². The molecule has 2 aromatic rings. The first-order valence-electron chi connectivity index (χ1n) is 7.99. The van der Waals surface area contributed by atoms with E-state index in [2.05, 4.69) is 49.5 Å². The molecule has 0 atom stereocenters. The first-order chi connectivity index (χ1) is 10.2. The number of nitrogens with one attached hydrogen (secondary N) is 1. The van der Waals surface area contributed by atoms with Crippen molar-refractivity contribution in [2.24, 2.45) is 0 Å². The van der Waals surface area contributed by atoms with Gasteiger partial charge in [0, 0.05) is 22.4 Å². The van der Waals surface area contributed by atoms with E-state index in [-0.39, 0.29) is 0 Å². The number of nitrogens with zero attached hydrogens (tertiary/aromatic N) is 1. The predicted molar refractivity (Wildman–Crippen MR) is 91.0 cm³/mol. The summed E-state index contributed by atoms with van der Waals surface area (Å²) in [7, 11) is 0. The summed E-state index contributed by atoms with van der Waals surface area (Å²) >= 11 is 1.93. The molecule has 0 spiro atoms. The van der Waals surface area contributed by atoms with Gasteiger partial charge in [0.15, 0.2) is 0 Å². The van der Waals surface area contributed by atoms with Gasteiger partial charge in [0.25, 0.3) is 0 Å². The van der Waals surface area contributed by atoms with Gasteiger partial charge in [0.2, 0.25) is 0 Å². The average Bonchev–Trinajstić information content (AvgIpc) is 3.12. The molecule has 0 unspecified atom stereocenters. The Balaban J connectivity index is 1.84. The molecule has 1 heterocycles. The lowest BCUT2D eigenvalue weighted by atomic mass is 10.1. The highest BCUT2D eigenvalue weighted by Crippen LogP contribution is 2.50. The van der Waals surface area contributed by atoms with Crippen molar-refractivity contribution in [3.63, 3.8) is 0 Å². The maximum Gasteiger partial charge on any atom is 0.0994 e. The number of aromatic nitrogens is 1. The van der Waals surface area contributed by atoms with Gasteiger partial charge in [0.05, 0.1) is 10.7 Å². The fourth-order valence-electron chi connectivity index (χ4n) is 2.51. The van der Waals surface area contributed by atoms with Crippen LogP contribution in [0.1, 0.15) is 43.0 Å². The van der Waals surface area contributed by atoms with Crippen molar-refractivity contribution in [2.75, 3.05) is 13.1 Å². The highest BCUT2D eigenvalue weighted by Gasteiger charge is 2.42. The fraction of sp³-hybridized carbons (Fsp3) is 0.500. The molecule has 0 aliphatic heterocycles. The molecule has 0 amide bonds. The van der Waals surface area contributed by atoms with Crippen LogP contribution in [0.2, 0.25) is 0 Å². The minimum Gasteiger partial charge on any atom is -0.316 e. The van der Waals surface area contributed by atoms with E-state index < -0.39 is 0 Å². The highest BCUT2D eigenvalue weighted by molar-refractivity contribution is 7.12. The number of benzene rings is 1. The zero-order chi connectivity index (χ0) is 14.7. The van der Waals surface area contributed by atoms with Crippen molar-refractivity contribution in [3.8, 4) is 11.3 Å². The topological polar surface area (TPSA) is 24.9 Å². The Morgan fingerprint density at radius 3 is 2.62 bits per heavy atom. The fourth-order valence-corrected chi connectivity index (χ4v) is 3.79. The molecule has 2 nitrogen and oxygen atoms in total. The quantitative estimate of drug-likeness (QED) is 0.766. The Kier molecular flexibility index (Phi) is 4.41. The lowest BCUT2D eigenvalue weighted by Crippen LogP contribution is -2.17. The van der Waals surface area contributed by atoms with Crippen molar-refractivity contribution < 1.29 is 0 Å². The molecule has 3 heteroatoms. The van der Waals surface area contributed by atoms with Crippen LogP contribution in [0, 0.1) is 0 Å². The summed E-state index contributed by atoms with van der Waals surface area (Å²) in [5.74, 6) is 0. The minimum absolute atomic E-state index is 0.364. The molecule has 21 heavy (non-hydrogen) atoms. The van der Waals surface area contributed by atoms with Crippen LogP contribution in [0.5, 0.6) is 0 Å². The maximum atomic E-state index is 5.00. The van der Waals surface area contributed by atoms with E-state index in [1.54, 1.807) is 0 Å².